The molecule has 6 aromatic carbocycles. The molecule has 2 nitrogen and oxygen atoms in total. The summed E-state index contributed by atoms with van der Waals surface area (Å²) in [5.74, 6) is 0. The van der Waals surface area contributed by atoms with E-state index in [4.69, 9.17) is 0 Å². The van der Waals surface area contributed by atoms with Crippen LogP contribution in [0.4, 0.5) is 0 Å². The molecule has 0 saturated carbocycles. The van der Waals surface area contributed by atoms with Crippen molar-refractivity contribution in [2.75, 3.05) is 13.2 Å². The van der Waals surface area contributed by atoms with Crippen molar-refractivity contribution in [3.05, 3.63) is 108 Å². The first-order chi connectivity index (χ1) is 18.9. The maximum absolute atomic E-state index is 10.9. The Bertz CT molecular complexity index is 1850. The Morgan fingerprint density at radius 3 is 2.05 bits per heavy atom. The SMILES string of the molecule is CC(C)(C)c1cc2ccc3ccc(-c4ccc5c(c4)C(CO)(CCCO)c4ccccc4-5)c4ccc(c1)c2c34. The lowest BCUT2D eigenvalue weighted by Gasteiger charge is -2.30. The lowest BCUT2D eigenvalue weighted by molar-refractivity contribution is 0.197. The number of hydrogen-bond donors (Lipinski definition) is 2. The van der Waals surface area contributed by atoms with E-state index < -0.39 is 5.41 Å². The highest BCUT2D eigenvalue weighted by Gasteiger charge is 2.42. The highest BCUT2D eigenvalue weighted by Crippen LogP contribution is 2.52. The molecule has 1 atom stereocenters. The zero-order valence-corrected chi connectivity index (χ0v) is 22.9. The molecular weight excluding hydrogens is 476 g/mol. The quantitative estimate of drug-likeness (QED) is 0.228. The summed E-state index contributed by atoms with van der Waals surface area (Å²) in [5, 5.41) is 28.3. The monoisotopic (exact) mass is 510 g/mol. The molecule has 0 saturated heterocycles. The lowest BCUT2D eigenvalue weighted by atomic mass is 9.74. The third kappa shape index (κ3) is 3.48. The van der Waals surface area contributed by atoms with Gasteiger partial charge in [0.2, 0.25) is 0 Å². The van der Waals surface area contributed by atoms with Gasteiger partial charge < -0.3 is 10.2 Å². The normalized spacial score (nSPS) is 16.8. The second kappa shape index (κ2) is 8.64. The second-order valence-corrected chi connectivity index (χ2v) is 12.3. The van der Waals surface area contributed by atoms with Crippen molar-refractivity contribution in [2.24, 2.45) is 0 Å². The standard InChI is InChI=1S/C37H34O2/c1-36(2,3)27-19-25-10-9-23-11-14-28(31-16-13-26(20-27)34(25)35(23)31)24-12-15-30-29-7-4-5-8-32(29)37(22-39,17-6-18-38)33(30)21-24/h4-5,7-16,19-21,38-39H,6,17-18,22H2,1-3H3. The Labute approximate surface area is 229 Å². The molecule has 0 amide bonds. The van der Waals surface area contributed by atoms with Gasteiger partial charge in [-0.05, 0) is 95.6 Å². The van der Waals surface area contributed by atoms with Gasteiger partial charge >= 0.3 is 0 Å². The molecule has 2 heteroatoms. The third-order valence-electron chi connectivity index (χ3n) is 9.08. The Kier molecular flexibility index (Phi) is 5.39. The molecule has 0 heterocycles. The van der Waals surface area contributed by atoms with E-state index in [0.717, 1.165) is 16.7 Å². The number of aliphatic hydroxyl groups is 2. The van der Waals surface area contributed by atoms with Crippen LogP contribution in [-0.4, -0.2) is 23.4 Å². The topological polar surface area (TPSA) is 40.5 Å². The second-order valence-electron chi connectivity index (χ2n) is 12.3. The van der Waals surface area contributed by atoms with Crippen molar-refractivity contribution in [2.45, 2.75) is 44.4 Å². The summed E-state index contributed by atoms with van der Waals surface area (Å²) in [6.07, 6.45) is 1.36. The van der Waals surface area contributed by atoms with Crippen molar-refractivity contribution < 1.29 is 10.2 Å². The minimum atomic E-state index is -0.502. The molecule has 1 unspecified atom stereocenters. The number of hydrogen-bond acceptors (Lipinski definition) is 2. The maximum atomic E-state index is 10.9. The van der Waals surface area contributed by atoms with Gasteiger partial charge in [0.1, 0.15) is 0 Å². The van der Waals surface area contributed by atoms with Crippen molar-refractivity contribution in [1.82, 2.24) is 0 Å². The van der Waals surface area contributed by atoms with E-state index in [0.29, 0.717) is 12.8 Å². The van der Waals surface area contributed by atoms with Crippen molar-refractivity contribution >= 4 is 32.3 Å². The molecule has 1 aliphatic rings. The van der Waals surface area contributed by atoms with Gasteiger partial charge in [0.15, 0.2) is 0 Å². The summed E-state index contributed by atoms with van der Waals surface area (Å²) >= 11 is 0. The van der Waals surface area contributed by atoms with Gasteiger partial charge in [-0.3, -0.25) is 0 Å². The van der Waals surface area contributed by atoms with Crippen LogP contribution in [0.3, 0.4) is 0 Å². The van der Waals surface area contributed by atoms with Crippen LogP contribution >= 0.6 is 0 Å². The van der Waals surface area contributed by atoms with E-state index in [2.05, 4.69) is 112 Å². The first-order valence-electron chi connectivity index (χ1n) is 14.0. The highest BCUT2D eigenvalue weighted by molar-refractivity contribution is 6.25. The number of benzene rings is 6. The van der Waals surface area contributed by atoms with Crippen LogP contribution in [-0.2, 0) is 10.8 Å². The van der Waals surface area contributed by atoms with Crippen LogP contribution in [0.2, 0.25) is 0 Å². The predicted octanol–water partition coefficient (Wildman–Crippen LogP) is 8.58. The molecule has 7 rings (SSSR count). The van der Waals surface area contributed by atoms with Gasteiger partial charge in [0.05, 0.1) is 6.61 Å². The van der Waals surface area contributed by atoms with Gasteiger partial charge in [-0.25, -0.2) is 0 Å². The molecule has 194 valence electrons. The number of aliphatic hydroxyl groups excluding tert-OH is 2. The summed E-state index contributed by atoms with van der Waals surface area (Å²) in [7, 11) is 0. The summed E-state index contributed by atoms with van der Waals surface area (Å²) in [5.41, 5.74) is 8.03. The Morgan fingerprint density at radius 1 is 0.641 bits per heavy atom. The molecule has 6 aromatic rings. The predicted molar refractivity (Wildman–Crippen MR) is 164 cm³/mol. The fourth-order valence-electron chi connectivity index (χ4n) is 7.03. The average Bonchev–Trinajstić information content (AvgIpc) is 3.23. The molecule has 0 spiro atoms. The largest absolute Gasteiger partial charge is 0.396 e. The van der Waals surface area contributed by atoms with Crippen LogP contribution in [0.25, 0.3) is 54.6 Å². The number of fused-ring (bicyclic) bond motifs is 3. The van der Waals surface area contributed by atoms with E-state index in [1.54, 1.807) is 0 Å². The zero-order chi connectivity index (χ0) is 26.9. The van der Waals surface area contributed by atoms with Crippen molar-refractivity contribution in [3.8, 4) is 22.3 Å². The van der Waals surface area contributed by atoms with Gasteiger partial charge in [-0.1, -0.05) is 106 Å². The van der Waals surface area contributed by atoms with Gasteiger partial charge in [0.25, 0.3) is 0 Å². The number of rotatable bonds is 5. The summed E-state index contributed by atoms with van der Waals surface area (Å²) < 4.78 is 0. The molecule has 0 aliphatic heterocycles. The molecule has 0 radical (unpaired) electrons. The average molecular weight is 511 g/mol. The lowest BCUT2D eigenvalue weighted by Crippen LogP contribution is -2.30. The first kappa shape index (κ1) is 24.3. The molecule has 0 bridgehead atoms. The highest BCUT2D eigenvalue weighted by atomic mass is 16.3. The van der Waals surface area contributed by atoms with Crippen LogP contribution < -0.4 is 0 Å². The summed E-state index contributed by atoms with van der Waals surface area (Å²) in [4.78, 5) is 0. The molecule has 1 aliphatic carbocycles. The van der Waals surface area contributed by atoms with Crippen LogP contribution in [0.1, 0.15) is 50.3 Å². The third-order valence-corrected chi connectivity index (χ3v) is 9.08. The van der Waals surface area contributed by atoms with Gasteiger partial charge in [0, 0.05) is 12.0 Å². The molecule has 0 aromatic heterocycles. The minimum absolute atomic E-state index is 0.0229. The summed E-state index contributed by atoms with van der Waals surface area (Å²) in [6, 6.07) is 33.5. The first-order valence-corrected chi connectivity index (χ1v) is 14.0. The Balaban J connectivity index is 1.47. The van der Waals surface area contributed by atoms with E-state index in [1.165, 1.54) is 54.6 Å². The molecule has 0 fully saturated rings. The van der Waals surface area contributed by atoms with Crippen molar-refractivity contribution in [3.63, 3.8) is 0 Å². The van der Waals surface area contributed by atoms with E-state index in [-0.39, 0.29) is 18.6 Å². The maximum Gasteiger partial charge on any atom is 0.0569 e. The minimum Gasteiger partial charge on any atom is -0.396 e. The fraction of sp³-hybridized carbons (Fsp3) is 0.243. The molecule has 39 heavy (non-hydrogen) atoms. The van der Waals surface area contributed by atoms with Gasteiger partial charge in [-0.15, -0.1) is 0 Å². The Morgan fingerprint density at radius 2 is 1.31 bits per heavy atom. The smallest absolute Gasteiger partial charge is 0.0569 e. The van der Waals surface area contributed by atoms with Crippen LogP contribution in [0, 0.1) is 0 Å². The van der Waals surface area contributed by atoms with E-state index >= 15 is 0 Å². The van der Waals surface area contributed by atoms with Gasteiger partial charge in [-0.2, -0.15) is 0 Å². The summed E-state index contributed by atoms with van der Waals surface area (Å²) in [6.45, 7) is 6.96. The molecular formula is C37H34O2. The fourth-order valence-corrected chi connectivity index (χ4v) is 7.03. The van der Waals surface area contributed by atoms with E-state index in [1.807, 2.05) is 0 Å². The van der Waals surface area contributed by atoms with Crippen molar-refractivity contribution in [1.29, 1.82) is 0 Å². The van der Waals surface area contributed by atoms with Crippen LogP contribution in [0.5, 0.6) is 0 Å². The van der Waals surface area contributed by atoms with E-state index in [9.17, 15) is 10.2 Å². The molecule has 2 N–H and O–H groups in total. The van der Waals surface area contributed by atoms with Crippen LogP contribution in [0.15, 0.2) is 91.0 Å². The zero-order valence-electron chi connectivity index (χ0n) is 22.9. The Hall–Kier alpha value is -3.72.